The first-order valence-electron chi connectivity index (χ1n) is 2.45. The van der Waals surface area contributed by atoms with Crippen molar-refractivity contribution in [2.75, 3.05) is 12.8 Å². The molecule has 0 amide bonds. The van der Waals surface area contributed by atoms with Crippen LogP contribution in [0.3, 0.4) is 0 Å². The summed E-state index contributed by atoms with van der Waals surface area (Å²) in [5, 5.41) is 0. The largest absolute Gasteiger partial charge is 0.549 e. The van der Waals surface area contributed by atoms with Gasteiger partial charge in [-0.15, -0.1) is 6.54 Å². The third-order valence-corrected chi connectivity index (χ3v) is 1.20. The number of hydrogen-bond acceptors (Lipinski definition) is 2. The highest BCUT2D eigenvalue weighted by Gasteiger charge is 1.80. The van der Waals surface area contributed by atoms with Crippen LogP contribution in [0.15, 0.2) is 0 Å². The van der Waals surface area contributed by atoms with E-state index in [2.05, 4.69) is 4.72 Å². The molecule has 8 heavy (non-hydrogen) atoms. The molecule has 0 spiro atoms. The number of nitrogens with zero attached hydrogens (tertiary/aromatic N) is 1. The Morgan fingerprint density at radius 3 is 2.12 bits per heavy atom. The van der Waals surface area contributed by atoms with E-state index in [0.717, 1.165) is 12.7 Å². The summed E-state index contributed by atoms with van der Waals surface area (Å²) in [6.07, 6.45) is 1.88. The van der Waals surface area contributed by atoms with Crippen LogP contribution in [0.4, 0.5) is 0 Å². The Morgan fingerprint density at radius 2 is 2.00 bits per heavy atom. The Kier molecular flexibility index (Phi) is 3.01. The number of rotatable bonds is 3. The van der Waals surface area contributed by atoms with Gasteiger partial charge in [-0.05, 0) is 0 Å². The molecule has 0 aromatic rings. The van der Waals surface area contributed by atoms with E-state index in [1.54, 1.807) is 0 Å². The van der Waals surface area contributed by atoms with Gasteiger partial charge in [0.25, 0.3) is 0 Å². The van der Waals surface area contributed by atoms with E-state index in [1.165, 1.54) is 0 Å². The Hall–Kier alpha value is -0.0900. The molecule has 0 aliphatic rings. The van der Waals surface area contributed by atoms with E-state index in [1.807, 2.05) is 6.92 Å². The second-order valence-corrected chi connectivity index (χ2v) is 3.31. The van der Waals surface area contributed by atoms with Crippen LogP contribution in [0.1, 0.15) is 13.3 Å². The first kappa shape index (κ1) is 7.91. The van der Waals surface area contributed by atoms with Crippen LogP contribution >= 0.6 is 0 Å². The molecule has 0 fully saturated rings. The van der Waals surface area contributed by atoms with Crippen LogP contribution in [-0.2, 0) is 10.0 Å². The molecule has 0 rings (SSSR count). The van der Waals surface area contributed by atoms with Gasteiger partial charge in [0.2, 0.25) is 0 Å². The van der Waals surface area contributed by atoms with Crippen LogP contribution < -0.4 is 0 Å². The fourth-order valence-electron chi connectivity index (χ4n) is 0.257. The van der Waals surface area contributed by atoms with Gasteiger partial charge in [-0.3, -0.25) is 0 Å². The molecule has 0 aromatic carbocycles. The molecule has 0 bridgehead atoms. The molecule has 0 atom stereocenters. The molecule has 3 nitrogen and oxygen atoms in total. The highest BCUT2D eigenvalue weighted by molar-refractivity contribution is 7.93. The van der Waals surface area contributed by atoms with Gasteiger partial charge >= 0.3 is 0 Å². The summed E-state index contributed by atoms with van der Waals surface area (Å²) in [6.45, 7) is 2.30. The summed E-state index contributed by atoms with van der Waals surface area (Å²) in [6, 6.07) is 0. The second kappa shape index (κ2) is 3.04. The lowest BCUT2D eigenvalue weighted by Crippen LogP contribution is -1.94. The van der Waals surface area contributed by atoms with Gasteiger partial charge in [0.1, 0.15) is 0 Å². The van der Waals surface area contributed by atoms with Gasteiger partial charge in [0.05, 0.1) is 10.0 Å². The quantitative estimate of drug-likeness (QED) is 0.574. The highest BCUT2D eigenvalue weighted by atomic mass is 32.2. The van der Waals surface area contributed by atoms with Crippen LogP contribution in [-0.4, -0.2) is 21.2 Å². The predicted molar refractivity (Wildman–Crippen MR) is 33.4 cm³/mol. The Bertz CT molecular complexity index is 138. The van der Waals surface area contributed by atoms with Crippen molar-refractivity contribution in [2.45, 2.75) is 13.3 Å². The van der Waals surface area contributed by atoms with E-state index >= 15 is 0 Å². The molecule has 0 saturated carbocycles. The van der Waals surface area contributed by atoms with Gasteiger partial charge in [0, 0.05) is 6.26 Å². The van der Waals surface area contributed by atoms with Gasteiger partial charge in [-0.1, -0.05) is 13.3 Å². The first-order chi connectivity index (χ1) is 3.56. The van der Waals surface area contributed by atoms with Crippen molar-refractivity contribution >= 4 is 10.0 Å². The summed E-state index contributed by atoms with van der Waals surface area (Å²) in [5.41, 5.74) is 0. The first-order valence-corrected chi connectivity index (χ1v) is 4.30. The van der Waals surface area contributed by atoms with Crippen LogP contribution in [0.2, 0.25) is 0 Å². The van der Waals surface area contributed by atoms with Crippen molar-refractivity contribution in [1.29, 1.82) is 0 Å². The Labute approximate surface area is 50.1 Å². The maximum Gasteiger partial charge on any atom is 0.0692 e. The predicted octanol–water partition coefficient (Wildman–Crippen LogP) is 0.730. The minimum Gasteiger partial charge on any atom is -0.549 e. The van der Waals surface area contributed by atoms with Crippen molar-refractivity contribution in [3.8, 4) is 0 Å². The van der Waals surface area contributed by atoms with Gasteiger partial charge in [-0.2, -0.15) is 0 Å². The van der Waals surface area contributed by atoms with Gasteiger partial charge < -0.3 is 4.72 Å². The maximum atomic E-state index is 10.2. The highest BCUT2D eigenvalue weighted by Crippen LogP contribution is 1.96. The molecular formula is C4H10NO2S-. The van der Waals surface area contributed by atoms with Crippen molar-refractivity contribution in [1.82, 2.24) is 0 Å². The molecule has 0 heterocycles. The summed E-state index contributed by atoms with van der Waals surface area (Å²) >= 11 is 0. The number of sulfonamides is 1. The van der Waals surface area contributed by atoms with Crippen molar-refractivity contribution in [3.63, 3.8) is 0 Å². The fourth-order valence-corrected chi connectivity index (χ4v) is 0.771. The zero-order chi connectivity index (χ0) is 6.62. The van der Waals surface area contributed by atoms with Crippen molar-refractivity contribution < 1.29 is 8.42 Å². The maximum absolute atomic E-state index is 10.2. The number of hydrogen-bond donors (Lipinski definition) is 0. The van der Waals surface area contributed by atoms with Crippen LogP contribution in [0.5, 0.6) is 0 Å². The Balaban J connectivity index is 3.42. The third kappa shape index (κ3) is 5.91. The molecule has 0 aliphatic heterocycles. The zero-order valence-electron chi connectivity index (χ0n) is 5.09. The summed E-state index contributed by atoms with van der Waals surface area (Å²) in [4.78, 5) is 0. The van der Waals surface area contributed by atoms with Gasteiger partial charge in [-0.25, -0.2) is 8.42 Å². The molecule has 0 aromatic heterocycles. The van der Waals surface area contributed by atoms with E-state index in [-0.39, 0.29) is 0 Å². The van der Waals surface area contributed by atoms with Crippen LogP contribution in [0, 0.1) is 0 Å². The monoisotopic (exact) mass is 136 g/mol. The molecule has 0 unspecified atom stereocenters. The minimum atomic E-state index is -3.06. The van der Waals surface area contributed by atoms with E-state index < -0.39 is 10.0 Å². The summed E-state index contributed by atoms with van der Waals surface area (Å²) < 4.78 is 23.8. The smallest absolute Gasteiger partial charge is 0.0692 e. The fraction of sp³-hybridized carbons (Fsp3) is 1.00. The van der Waals surface area contributed by atoms with E-state index in [9.17, 15) is 8.42 Å². The average Bonchev–Trinajstić information content (AvgIpc) is 1.59. The normalized spacial score (nSPS) is 11.8. The molecule has 4 heteroatoms. The SMILES string of the molecule is CCC[N-]S(C)(=O)=O. The molecule has 0 N–H and O–H groups in total. The standard InChI is InChI=1S/C4H10NO2S/c1-3-4-5-8(2,6)7/h3-4H2,1-2H3/q-1. The summed E-state index contributed by atoms with van der Waals surface area (Å²) in [5.74, 6) is 0. The van der Waals surface area contributed by atoms with Crippen LogP contribution in [0.25, 0.3) is 4.72 Å². The summed E-state index contributed by atoms with van der Waals surface area (Å²) in [7, 11) is -3.06. The molecule has 0 radical (unpaired) electrons. The van der Waals surface area contributed by atoms with Gasteiger partial charge in [0.15, 0.2) is 0 Å². The molecule has 0 aliphatic carbocycles. The van der Waals surface area contributed by atoms with Crippen molar-refractivity contribution in [3.05, 3.63) is 4.72 Å². The molecule has 0 saturated heterocycles. The van der Waals surface area contributed by atoms with Crippen molar-refractivity contribution in [2.24, 2.45) is 0 Å². The molecule has 50 valence electrons. The lowest BCUT2D eigenvalue weighted by molar-refractivity contribution is 0.606. The topological polar surface area (TPSA) is 48.2 Å². The lowest BCUT2D eigenvalue weighted by atomic mass is 10.5. The lowest BCUT2D eigenvalue weighted by Gasteiger charge is -2.12. The molecular weight excluding hydrogens is 126 g/mol. The Morgan fingerprint density at radius 1 is 1.50 bits per heavy atom. The van der Waals surface area contributed by atoms with E-state index in [0.29, 0.717) is 6.54 Å². The second-order valence-electron chi connectivity index (χ2n) is 1.59. The van der Waals surface area contributed by atoms with E-state index in [4.69, 9.17) is 0 Å². The minimum absolute atomic E-state index is 0.416. The zero-order valence-corrected chi connectivity index (χ0v) is 5.90. The average molecular weight is 136 g/mol. The third-order valence-electron chi connectivity index (χ3n) is 0.549.